The first kappa shape index (κ1) is 30.1. The van der Waals surface area contributed by atoms with Gasteiger partial charge in [-0.15, -0.1) is 10.2 Å². The molecule has 0 aliphatic heterocycles. The van der Waals surface area contributed by atoms with E-state index >= 15 is 0 Å². The van der Waals surface area contributed by atoms with Crippen molar-refractivity contribution in [3.8, 4) is 45.9 Å². The number of para-hydroxylation sites is 3. The lowest BCUT2D eigenvalue weighted by Gasteiger charge is -2.14. The van der Waals surface area contributed by atoms with Gasteiger partial charge in [0.25, 0.3) is 0 Å². The van der Waals surface area contributed by atoms with Crippen molar-refractivity contribution >= 4 is 49.3 Å². The molecule has 0 aliphatic rings. The van der Waals surface area contributed by atoms with Crippen LogP contribution in [-0.4, -0.2) is 23.9 Å². The minimum Gasteiger partial charge on any atom is -0.309 e. The van der Waals surface area contributed by atoms with Crippen LogP contribution in [0.3, 0.4) is 0 Å². The molecule has 7 aromatic carbocycles. The third kappa shape index (κ3) is 4.73. The van der Waals surface area contributed by atoms with E-state index in [2.05, 4.69) is 140 Å². The predicted octanol–water partition coefficient (Wildman–Crippen LogP) is 11.2. The second kappa shape index (κ2) is 11.9. The zero-order valence-corrected chi connectivity index (χ0v) is 28.2. The van der Waals surface area contributed by atoms with Gasteiger partial charge in [-0.1, -0.05) is 91.0 Å². The molecule has 0 radical (unpaired) electrons. The van der Waals surface area contributed by atoms with E-state index in [4.69, 9.17) is 16.8 Å². The van der Waals surface area contributed by atoms with Crippen molar-refractivity contribution in [2.45, 2.75) is 0 Å². The number of nitrogens with zero attached hydrogens (tertiary/aromatic N) is 7. The summed E-state index contributed by atoms with van der Waals surface area (Å²) in [4.78, 5) is 3.58. The zero-order chi connectivity index (χ0) is 35.5. The Hall–Kier alpha value is -7.74. The molecule has 0 fully saturated rings. The first-order chi connectivity index (χ1) is 26.2. The van der Waals surface area contributed by atoms with Crippen LogP contribution >= 0.6 is 0 Å². The summed E-state index contributed by atoms with van der Waals surface area (Å²) < 4.78 is 6.74. The van der Waals surface area contributed by atoms with Gasteiger partial charge in [0.05, 0.1) is 46.0 Å². The van der Waals surface area contributed by atoms with Crippen molar-refractivity contribution in [3.05, 3.63) is 181 Å². The molecule has 7 nitrogen and oxygen atoms in total. The molecule has 0 N–H and O–H groups in total. The number of hydrogen-bond acceptors (Lipinski definition) is 3. The molecule has 10 rings (SSSR count). The number of nitriles is 1. The summed E-state index contributed by atoms with van der Waals surface area (Å²) in [7, 11) is 0. The quantitative estimate of drug-likeness (QED) is 0.170. The van der Waals surface area contributed by atoms with Crippen molar-refractivity contribution in [2.75, 3.05) is 0 Å². The Morgan fingerprint density at radius 2 is 0.925 bits per heavy atom. The Morgan fingerprint density at radius 3 is 1.45 bits per heavy atom. The number of fused-ring (bicyclic) bond motifs is 6. The molecule has 3 heterocycles. The highest BCUT2D eigenvalue weighted by Gasteiger charge is 2.21. The normalized spacial score (nSPS) is 11.4. The molecule has 7 heteroatoms. The molecular weight excluding hydrogens is 651 g/mol. The zero-order valence-electron chi connectivity index (χ0n) is 28.2. The fraction of sp³-hybridized carbons (Fsp3) is 0. The van der Waals surface area contributed by atoms with Gasteiger partial charge in [-0.05, 0) is 72.8 Å². The van der Waals surface area contributed by atoms with Gasteiger partial charge in [0.1, 0.15) is 0 Å². The lowest BCUT2D eigenvalue weighted by atomic mass is 10.1. The first-order valence-electron chi connectivity index (χ1n) is 17.3. The molecular formula is C46H27N7. The van der Waals surface area contributed by atoms with E-state index in [1.54, 1.807) is 24.3 Å². The maximum atomic E-state index is 9.46. The monoisotopic (exact) mass is 677 g/mol. The van der Waals surface area contributed by atoms with Crippen molar-refractivity contribution in [1.82, 2.24) is 23.9 Å². The smallest absolute Gasteiger partial charge is 0.187 e. The summed E-state index contributed by atoms with van der Waals surface area (Å²) in [6.07, 6.45) is 0. The predicted molar refractivity (Wildman–Crippen MR) is 212 cm³/mol. The van der Waals surface area contributed by atoms with Crippen LogP contribution < -0.4 is 0 Å². The third-order valence-corrected chi connectivity index (χ3v) is 10.0. The summed E-state index contributed by atoms with van der Waals surface area (Å²) >= 11 is 0. The Bertz CT molecular complexity index is 3000. The largest absolute Gasteiger partial charge is 0.309 e. The van der Waals surface area contributed by atoms with Gasteiger partial charge in [-0.25, -0.2) is 4.85 Å². The molecule has 53 heavy (non-hydrogen) atoms. The van der Waals surface area contributed by atoms with E-state index in [0.29, 0.717) is 22.9 Å². The van der Waals surface area contributed by atoms with Gasteiger partial charge in [-0.2, -0.15) is 5.26 Å². The SMILES string of the molecule is [C-]#[N+]c1ccc(-c2nnc(-c3ccc(C#N)cc3)n2-c2ccc3c4ccccc4n(-c4cccc(-n5c6ccccc6c6ccccc65)c4)c3c2)cc1. The van der Waals surface area contributed by atoms with E-state index < -0.39 is 0 Å². The highest BCUT2D eigenvalue weighted by molar-refractivity contribution is 6.11. The van der Waals surface area contributed by atoms with E-state index in [9.17, 15) is 5.26 Å². The van der Waals surface area contributed by atoms with Gasteiger partial charge < -0.3 is 9.13 Å². The summed E-state index contributed by atoms with van der Waals surface area (Å²) in [5.74, 6) is 1.30. The fourth-order valence-corrected chi connectivity index (χ4v) is 7.63. The second-order valence-electron chi connectivity index (χ2n) is 13.0. The number of hydrogen-bond donors (Lipinski definition) is 0. The van der Waals surface area contributed by atoms with Crippen LogP contribution in [0.25, 0.3) is 88.3 Å². The van der Waals surface area contributed by atoms with E-state index in [-0.39, 0.29) is 0 Å². The Labute approximate surface area is 304 Å². The van der Waals surface area contributed by atoms with E-state index in [1.165, 1.54) is 10.8 Å². The van der Waals surface area contributed by atoms with Crippen molar-refractivity contribution < 1.29 is 0 Å². The first-order valence-corrected chi connectivity index (χ1v) is 17.3. The molecule has 0 unspecified atom stereocenters. The maximum Gasteiger partial charge on any atom is 0.187 e. The van der Waals surface area contributed by atoms with Gasteiger partial charge in [-0.3, -0.25) is 4.57 Å². The highest BCUT2D eigenvalue weighted by atomic mass is 15.3. The van der Waals surface area contributed by atoms with Crippen LogP contribution in [0.5, 0.6) is 0 Å². The molecule has 0 bridgehead atoms. The van der Waals surface area contributed by atoms with Gasteiger partial charge in [0.15, 0.2) is 17.3 Å². The van der Waals surface area contributed by atoms with Crippen molar-refractivity contribution in [1.29, 1.82) is 5.26 Å². The highest BCUT2D eigenvalue weighted by Crippen LogP contribution is 2.38. The van der Waals surface area contributed by atoms with Crippen LogP contribution in [0, 0.1) is 17.9 Å². The Balaban J connectivity index is 1.21. The number of rotatable bonds is 5. The van der Waals surface area contributed by atoms with E-state index in [1.807, 2.05) is 24.3 Å². The molecule has 0 amide bonds. The minimum atomic E-state index is 0.557. The summed E-state index contributed by atoms with van der Waals surface area (Å²) in [6, 6.07) is 57.9. The summed E-state index contributed by atoms with van der Waals surface area (Å²) in [5, 5.41) is 23.6. The number of benzene rings is 7. The fourth-order valence-electron chi connectivity index (χ4n) is 7.63. The second-order valence-corrected chi connectivity index (χ2v) is 13.0. The average molecular weight is 678 g/mol. The molecule has 0 aliphatic carbocycles. The Kier molecular flexibility index (Phi) is 6.79. The lowest BCUT2D eigenvalue weighted by Crippen LogP contribution is -2.02. The van der Waals surface area contributed by atoms with Gasteiger partial charge >= 0.3 is 0 Å². The van der Waals surface area contributed by atoms with Crippen LogP contribution in [0.15, 0.2) is 164 Å². The lowest BCUT2D eigenvalue weighted by molar-refractivity contribution is 1.07. The molecule has 0 saturated carbocycles. The van der Waals surface area contributed by atoms with Crippen LogP contribution in [-0.2, 0) is 0 Å². The van der Waals surface area contributed by atoms with Crippen LogP contribution in [0.4, 0.5) is 5.69 Å². The standard InChI is InChI=1S/C46H27N7/c1-48-33-23-21-32(22-24-33)46-50-49-45(31-19-17-30(29-47)18-20-31)53(46)36-25-26-40-39-13-4-7-16-43(39)52(44(40)28-36)35-10-8-9-34(27-35)51-41-14-5-2-11-37(41)38-12-3-6-15-42(38)51/h2-28H. The molecule has 10 aromatic rings. The third-order valence-electron chi connectivity index (χ3n) is 10.0. The van der Waals surface area contributed by atoms with E-state index in [0.717, 1.165) is 61.0 Å². The molecule has 0 saturated heterocycles. The summed E-state index contributed by atoms with van der Waals surface area (Å²) in [6.45, 7) is 7.45. The summed E-state index contributed by atoms with van der Waals surface area (Å²) in [5.41, 5.74) is 10.3. The topological polar surface area (TPSA) is 68.7 Å². The van der Waals surface area contributed by atoms with Crippen LogP contribution in [0.1, 0.15) is 5.56 Å². The van der Waals surface area contributed by atoms with Crippen molar-refractivity contribution in [2.24, 2.45) is 0 Å². The van der Waals surface area contributed by atoms with Crippen LogP contribution in [0.2, 0.25) is 0 Å². The molecule has 3 aromatic heterocycles. The Morgan fingerprint density at radius 1 is 0.453 bits per heavy atom. The maximum absolute atomic E-state index is 9.46. The average Bonchev–Trinajstić information content (AvgIpc) is 3.91. The minimum absolute atomic E-state index is 0.557. The molecule has 246 valence electrons. The molecule has 0 spiro atoms. The van der Waals surface area contributed by atoms with Gasteiger partial charge in [0.2, 0.25) is 0 Å². The molecule has 0 atom stereocenters. The number of aromatic nitrogens is 5. The van der Waals surface area contributed by atoms with Crippen molar-refractivity contribution in [3.63, 3.8) is 0 Å². The van der Waals surface area contributed by atoms with Gasteiger partial charge in [0, 0.05) is 44.0 Å².